The molecule has 1 amide bonds. The van der Waals surface area contributed by atoms with Crippen molar-refractivity contribution in [3.8, 4) is 6.07 Å². The number of hydrogen-bond donors (Lipinski definition) is 2. The molecule has 0 spiro atoms. The van der Waals surface area contributed by atoms with Gasteiger partial charge < -0.3 is 15.4 Å². The summed E-state index contributed by atoms with van der Waals surface area (Å²) >= 11 is 4.49. The minimum Gasteiger partial charge on any atom is -0.442 e. The lowest BCUT2D eigenvalue weighted by molar-refractivity contribution is 0.142. The monoisotopic (exact) mass is 490 g/mol. The van der Waals surface area contributed by atoms with Gasteiger partial charge in [-0.2, -0.15) is 5.26 Å². The van der Waals surface area contributed by atoms with Gasteiger partial charge in [0, 0.05) is 0 Å². The number of alkyl halides is 2. The molecule has 1 heterocycles. The van der Waals surface area contributed by atoms with E-state index in [2.05, 4.69) is 28.9 Å². The molecule has 0 aliphatic carbocycles. The van der Waals surface area contributed by atoms with E-state index in [-0.39, 0.29) is 36.1 Å². The fourth-order valence-corrected chi connectivity index (χ4v) is 3.46. The second-order valence-electron chi connectivity index (χ2n) is 7.84. The third-order valence-electron chi connectivity index (χ3n) is 5.13. The molecule has 2 aromatic carbocycles. The standard InChI is InChI=1S/C23H21F3N4O3S/c1-12(2)16-8-19(20(31)6-3-13(16)9-27)29-18-5-4-14(7-17(18)24)30-11-15(33-23(30)32)10-28-22(34)21(25)26/h3-8,12,15,21H,10-11H2,1-2H3,(H,28,34)(H,29,31). The Labute approximate surface area is 199 Å². The quantitative estimate of drug-likeness (QED) is 0.555. The molecule has 178 valence electrons. The summed E-state index contributed by atoms with van der Waals surface area (Å²) in [4.78, 5) is 25.2. The van der Waals surface area contributed by atoms with Crippen LogP contribution in [-0.2, 0) is 4.74 Å². The second kappa shape index (κ2) is 10.5. The molecule has 2 N–H and O–H groups in total. The maximum absolute atomic E-state index is 14.9. The van der Waals surface area contributed by atoms with Crippen LogP contribution in [0.15, 0.2) is 41.2 Å². The Kier molecular flexibility index (Phi) is 7.73. The molecule has 0 bridgehead atoms. The predicted octanol–water partition coefficient (Wildman–Crippen LogP) is 4.43. The summed E-state index contributed by atoms with van der Waals surface area (Å²) in [6.45, 7) is 3.66. The van der Waals surface area contributed by atoms with Gasteiger partial charge in [0.1, 0.15) is 16.9 Å². The normalized spacial score (nSPS) is 15.3. The van der Waals surface area contributed by atoms with E-state index in [9.17, 15) is 28.0 Å². The van der Waals surface area contributed by atoms with E-state index in [4.69, 9.17) is 4.74 Å². The minimum absolute atomic E-state index is 0.00618. The van der Waals surface area contributed by atoms with Gasteiger partial charge in [-0.1, -0.05) is 26.1 Å². The fraction of sp³-hybridized carbons (Fsp3) is 0.304. The molecule has 7 nitrogen and oxygen atoms in total. The molecular weight excluding hydrogens is 469 g/mol. The first kappa shape index (κ1) is 25.0. The van der Waals surface area contributed by atoms with E-state index >= 15 is 0 Å². The number of ether oxygens (including phenoxy) is 1. The number of thiocarbonyl (C=S) groups is 1. The minimum atomic E-state index is -2.82. The van der Waals surface area contributed by atoms with Crippen molar-refractivity contribution in [2.24, 2.45) is 0 Å². The van der Waals surface area contributed by atoms with Crippen molar-refractivity contribution in [2.45, 2.75) is 32.3 Å². The molecule has 11 heteroatoms. The van der Waals surface area contributed by atoms with Crippen LogP contribution in [0.25, 0.3) is 0 Å². The van der Waals surface area contributed by atoms with Crippen LogP contribution in [0, 0.1) is 17.1 Å². The van der Waals surface area contributed by atoms with Crippen molar-refractivity contribution in [3.05, 3.63) is 63.6 Å². The molecule has 1 fully saturated rings. The number of anilines is 3. The van der Waals surface area contributed by atoms with Gasteiger partial charge in [-0.3, -0.25) is 9.69 Å². The third kappa shape index (κ3) is 5.63. The van der Waals surface area contributed by atoms with Gasteiger partial charge in [-0.05, 0) is 47.9 Å². The number of hydrogen-bond acceptors (Lipinski definition) is 6. The zero-order valence-corrected chi connectivity index (χ0v) is 19.1. The Morgan fingerprint density at radius 3 is 2.59 bits per heavy atom. The average molecular weight is 491 g/mol. The summed E-state index contributed by atoms with van der Waals surface area (Å²) < 4.78 is 45.0. The van der Waals surface area contributed by atoms with Crippen LogP contribution in [-0.4, -0.2) is 36.7 Å². The maximum atomic E-state index is 14.9. The number of nitrogens with zero attached hydrogens (tertiary/aromatic N) is 2. The number of benzene rings is 1. The van der Waals surface area contributed by atoms with Gasteiger partial charge in [0.25, 0.3) is 6.43 Å². The van der Waals surface area contributed by atoms with Gasteiger partial charge in [0.15, 0.2) is 0 Å². The van der Waals surface area contributed by atoms with Crippen LogP contribution in [0.2, 0.25) is 0 Å². The molecule has 2 aromatic rings. The van der Waals surface area contributed by atoms with Crippen LogP contribution in [0.1, 0.15) is 30.9 Å². The first-order valence-electron chi connectivity index (χ1n) is 10.3. The van der Waals surface area contributed by atoms with E-state index in [0.717, 1.165) is 6.07 Å². The number of nitrogens with one attached hydrogen (secondary N) is 2. The van der Waals surface area contributed by atoms with Crippen LogP contribution in [0.4, 0.5) is 35.0 Å². The molecular formula is C23H21F3N4O3S. The smallest absolute Gasteiger partial charge is 0.414 e. The molecule has 0 saturated carbocycles. The van der Waals surface area contributed by atoms with Crippen LogP contribution in [0.5, 0.6) is 0 Å². The fourth-order valence-electron chi connectivity index (χ4n) is 3.38. The molecule has 1 aliphatic rings. The molecule has 3 rings (SSSR count). The summed E-state index contributed by atoms with van der Waals surface area (Å²) in [5, 5.41) is 14.4. The predicted molar refractivity (Wildman–Crippen MR) is 125 cm³/mol. The van der Waals surface area contributed by atoms with Crippen LogP contribution < -0.4 is 21.0 Å². The number of nitriles is 1. The van der Waals surface area contributed by atoms with Crippen molar-refractivity contribution in [3.63, 3.8) is 0 Å². The number of cyclic esters (lactones) is 1. The molecule has 1 atom stereocenters. The molecule has 0 aromatic heterocycles. The molecule has 34 heavy (non-hydrogen) atoms. The highest BCUT2D eigenvalue weighted by Gasteiger charge is 2.33. The number of carbonyl (C=O) groups is 1. The van der Waals surface area contributed by atoms with Gasteiger partial charge >= 0.3 is 6.09 Å². The SMILES string of the molecule is CC(C)c1cc(Nc2ccc(N3CC(CNC(=S)C(F)F)OC3=O)cc2F)c(=O)ccc1C#N. The van der Waals surface area contributed by atoms with Gasteiger partial charge in [-0.15, -0.1) is 0 Å². The first-order chi connectivity index (χ1) is 16.1. The Morgan fingerprint density at radius 1 is 1.24 bits per heavy atom. The molecule has 1 unspecified atom stereocenters. The molecule has 1 saturated heterocycles. The van der Waals surface area contributed by atoms with Crippen molar-refractivity contribution in [2.75, 3.05) is 23.3 Å². The number of rotatable bonds is 7. The summed E-state index contributed by atoms with van der Waals surface area (Å²) in [7, 11) is 0. The number of carbonyl (C=O) groups excluding carboxylic acids is 1. The van der Waals surface area contributed by atoms with E-state index in [1.54, 1.807) is 0 Å². The van der Waals surface area contributed by atoms with E-state index < -0.39 is 34.9 Å². The Hall–Kier alpha value is -3.65. The van der Waals surface area contributed by atoms with Crippen LogP contribution in [0.3, 0.4) is 0 Å². The average Bonchev–Trinajstić information content (AvgIpc) is 3.08. The number of amides is 1. The topological polar surface area (TPSA) is 94.5 Å². The van der Waals surface area contributed by atoms with Gasteiger partial charge in [0.05, 0.1) is 41.8 Å². The Morgan fingerprint density at radius 2 is 1.97 bits per heavy atom. The maximum Gasteiger partial charge on any atom is 0.414 e. The van der Waals surface area contributed by atoms with Gasteiger partial charge in [0.2, 0.25) is 5.43 Å². The lowest BCUT2D eigenvalue weighted by Gasteiger charge is -2.15. The summed E-state index contributed by atoms with van der Waals surface area (Å²) in [5.74, 6) is -0.781. The zero-order chi connectivity index (χ0) is 25.0. The lowest BCUT2D eigenvalue weighted by Crippen LogP contribution is -2.36. The van der Waals surface area contributed by atoms with E-state index in [0.29, 0.717) is 11.1 Å². The molecule has 0 radical (unpaired) electrons. The van der Waals surface area contributed by atoms with Crippen molar-refractivity contribution in [1.29, 1.82) is 5.26 Å². The highest BCUT2D eigenvalue weighted by atomic mass is 32.1. The third-order valence-corrected chi connectivity index (χ3v) is 5.45. The highest BCUT2D eigenvalue weighted by Crippen LogP contribution is 2.28. The van der Waals surface area contributed by atoms with Gasteiger partial charge in [-0.25, -0.2) is 18.0 Å². The first-order valence-corrected chi connectivity index (χ1v) is 10.7. The summed E-state index contributed by atoms with van der Waals surface area (Å²) in [5.41, 5.74) is 0.846. The van der Waals surface area contributed by atoms with Crippen molar-refractivity contribution < 1.29 is 22.7 Å². The zero-order valence-electron chi connectivity index (χ0n) is 18.3. The largest absolute Gasteiger partial charge is 0.442 e. The van der Waals surface area contributed by atoms with Crippen LogP contribution >= 0.6 is 12.2 Å². The lowest BCUT2D eigenvalue weighted by atomic mass is 10.0. The van der Waals surface area contributed by atoms with Crippen molar-refractivity contribution >= 4 is 40.4 Å². The highest BCUT2D eigenvalue weighted by molar-refractivity contribution is 7.80. The van der Waals surface area contributed by atoms with E-state index in [1.807, 2.05) is 13.8 Å². The second-order valence-corrected chi connectivity index (χ2v) is 8.28. The van der Waals surface area contributed by atoms with E-state index in [1.165, 1.54) is 35.2 Å². The Bertz CT molecular complexity index is 1220. The number of halogens is 3. The van der Waals surface area contributed by atoms with Crippen molar-refractivity contribution in [1.82, 2.24) is 5.32 Å². The summed E-state index contributed by atoms with van der Waals surface area (Å²) in [6.07, 6.45) is -4.32. The Balaban J connectivity index is 1.79. The molecule has 1 aliphatic heterocycles. The summed E-state index contributed by atoms with van der Waals surface area (Å²) in [6, 6.07) is 10.2.